The van der Waals surface area contributed by atoms with E-state index in [4.69, 9.17) is 0 Å². The van der Waals surface area contributed by atoms with Gasteiger partial charge in [0, 0.05) is 5.92 Å². The number of halogens is 1. The van der Waals surface area contributed by atoms with E-state index < -0.39 is 0 Å². The molecule has 1 aliphatic rings. The third kappa shape index (κ3) is 1.36. The highest BCUT2D eigenvalue weighted by atomic mass is 79.9. The fourth-order valence-electron chi connectivity index (χ4n) is 0.723. The average Bonchev–Trinajstić information content (AvgIpc) is 2.13. The van der Waals surface area contributed by atoms with Crippen LogP contribution in [0.5, 0.6) is 0 Å². The highest BCUT2D eigenvalue weighted by Crippen LogP contribution is 2.10. The van der Waals surface area contributed by atoms with Crippen LogP contribution in [0.15, 0.2) is 5.10 Å². The number of rotatable bonds is 1. The zero-order chi connectivity index (χ0) is 6.85. The first-order chi connectivity index (χ1) is 4.22. The Hall–Kier alpha value is -0.250. The molecule has 0 saturated heterocycles. The Labute approximate surface area is 63.4 Å². The summed E-state index contributed by atoms with van der Waals surface area (Å²) in [5.74, 6) is 1.55. The first-order valence-corrected chi connectivity index (χ1v) is 3.66. The van der Waals surface area contributed by atoms with Crippen LogP contribution in [-0.2, 0) is 0 Å². The number of nitrogens with one attached hydrogen (secondary N) is 1. The lowest BCUT2D eigenvalue weighted by molar-refractivity contribution is 0.638. The highest BCUT2D eigenvalue weighted by molar-refractivity contribution is 9.07. The van der Waals surface area contributed by atoms with E-state index in [1.165, 1.54) is 0 Å². The molecule has 1 heterocycles. The van der Waals surface area contributed by atoms with Gasteiger partial charge in [0.1, 0.15) is 12.5 Å². The Morgan fingerprint density at radius 2 is 2.44 bits per heavy atom. The van der Waals surface area contributed by atoms with Crippen LogP contribution in [0.4, 0.5) is 0 Å². The minimum Gasteiger partial charge on any atom is -0.288 e. The minimum atomic E-state index is 0.486. The molecule has 9 heavy (non-hydrogen) atoms. The second-order valence-corrected chi connectivity index (χ2v) is 3.16. The van der Waals surface area contributed by atoms with Gasteiger partial charge in [-0.05, 0) is 0 Å². The second-order valence-electron chi connectivity index (χ2n) is 2.30. The fourth-order valence-corrected chi connectivity index (χ4v) is 1.32. The van der Waals surface area contributed by atoms with Crippen molar-refractivity contribution in [2.75, 3.05) is 6.67 Å². The van der Waals surface area contributed by atoms with Crippen LogP contribution in [-0.4, -0.2) is 16.4 Å². The monoisotopic (exact) mass is 191 g/mol. The number of amidine groups is 1. The smallest absolute Gasteiger partial charge is 0.138 e. The van der Waals surface area contributed by atoms with E-state index in [2.05, 4.69) is 40.5 Å². The van der Waals surface area contributed by atoms with Crippen LogP contribution in [0.3, 0.4) is 0 Å². The number of hydrazone groups is 1. The van der Waals surface area contributed by atoms with E-state index in [-0.39, 0.29) is 0 Å². The predicted molar refractivity (Wildman–Crippen MR) is 41.0 cm³/mol. The zero-order valence-corrected chi connectivity index (χ0v) is 7.14. The Morgan fingerprint density at radius 3 is 2.67 bits per heavy atom. The van der Waals surface area contributed by atoms with Gasteiger partial charge in [-0.25, -0.2) is 0 Å². The van der Waals surface area contributed by atoms with Crippen molar-refractivity contribution in [1.29, 1.82) is 0 Å². The van der Waals surface area contributed by atoms with Gasteiger partial charge in [-0.3, -0.25) is 9.35 Å². The van der Waals surface area contributed by atoms with E-state index in [1.807, 2.05) is 3.93 Å². The van der Waals surface area contributed by atoms with Crippen molar-refractivity contribution in [2.45, 2.75) is 13.8 Å². The molecule has 0 saturated carbocycles. The predicted octanol–water partition coefficient (Wildman–Crippen LogP) is 1.13. The lowest BCUT2D eigenvalue weighted by Crippen LogP contribution is -2.22. The number of hydrogen-bond acceptors (Lipinski definition) is 3. The van der Waals surface area contributed by atoms with Crippen LogP contribution in [0.2, 0.25) is 0 Å². The number of nitrogens with zero attached hydrogens (tertiary/aromatic N) is 2. The fraction of sp³-hybridized carbons (Fsp3) is 0.800. The highest BCUT2D eigenvalue weighted by Gasteiger charge is 2.16. The summed E-state index contributed by atoms with van der Waals surface area (Å²) in [6.07, 6.45) is 0. The molecule has 0 aliphatic carbocycles. The molecule has 0 spiro atoms. The largest absolute Gasteiger partial charge is 0.288 e. The summed E-state index contributed by atoms with van der Waals surface area (Å²) in [6, 6.07) is 0. The standard InChI is InChI=1S/C5H10BrN3/c1-4(2)5-8-7-3-9(5)6/h4,7H,3H2,1-2H3. The van der Waals surface area contributed by atoms with Gasteiger partial charge in [-0.15, -0.1) is 0 Å². The minimum absolute atomic E-state index is 0.486. The van der Waals surface area contributed by atoms with E-state index in [1.54, 1.807) is 0 Å². The Morgan fingerprint density at radius 1 is 1.78 bits per heavy atom. The van der Waals surface area contributed by atoms with E-state index in [0.717, 1.165) is 12.5 Å². The molecule has 1 rings (SSSR count). The summed E-state index contributed by atoms with van der Waals surface area (Å²) in [4.78, 5) is 0. The van der Waals surface area contributed by atoms with Gasteiger partial charge < -0.3 is 0 Å². The maximum absolute atomic E-state index is 4.06. The summed E-state index contributed by atoms with van der Waals surface area (Å²) in [7, 11) is 0. The first-order valence-electron chi connectivity index (χ1n) is 2.95. The molecule has 0 aromatic heterocycles. The van der Waals surface area contributed by atoms with Gasteiger partial charge >= 0.3 is 0 Å². The van der Waals surface area contributed by atoms with Gasteiger partial charge in [-0.1, -0.05) is 13.8 Å². The normalized spacial score (nSPS) is 18.2. The van der Waals surface area contributed by atoms with Gasteiger partial charge in [0.25, 0.3) is 0 Å². The molecule has 0 amide bonds. The molecule has 1 aliphatic heterocycles. The third-order valence-electron chi connectivity index (χ3n) is 1.17. The molecule has 1 N–H and O–H groups in total. The molecule has 0 aromatic carbocycles. The molecule has 0 fully saturated rings. The summed E-state index contributed by atoms with van der Waals surface area (Å²) < 4.78 is 1.93. The van der Waals surface area contributed by atoms with Crippen LogP contribution in [0.1, 0.15) is 13.8 Å². The molecular weight excluding hydrogens is 182 g/mol. The van der Waals surface area contributed by atoms with Crippen LogP contribution < -0.4 is 5.43 Å². The van der Waals surface area contributed by atoms with Crippen LogP contribution in [0.25, 0.3) is 0 Å². The zero-order valence-electron chi connectivity index (χ0n) is 5.56. The van der Waals surface area contributed by atoms with Crippen molar-refractivity contribution >= 4 is 22.0 Å². The molecule has 0 aromatic rings. The van der Waals surface area contributed by atoms with Crippen molar-refractivity contribution in [3.63, 3.8) is 0 Å². The summed E-state index contributed by atoms with van der Waals surface area (Å²) in [5.41, 5.74) is 2.87. The maximum Gasteiger partial charge on any atom is 0.138 e. The lowest BCUT2D eigenvalue weighted by Gasteiger charge is -2.11. The number of hydrogen-bond donors (Lipinski definition) is 1. The van der Waals surface area contributed by atoms with Gasteiger partial charge in [0.05, 0.1) is 16.1 Å². The van der Waals surface area contributed by atoms with Gasteiger partial charge in [0.15, 0.2) is 0 Å². The first kappa shape index (κ1) is 6.86. The SMILES string of the molecule is CC(C)C1=NNCN1Br. The van der Waals surface area contributed by atoms with E-state index >= 15 is 0 Å². The van der Waals surface area contributed by atoms with E-state index in [9.17, 15) is 0 Å². The molecule has 52 valence electrons. The van der Waals surface area contributed by atoms with E-state index in [0.29, 0.717) is 5.92 Å². The van der Waals surface area contributed by atoms with Crippen LogP contribution >= 0.6 is 16.1 Å². The van der Waals surface area contributed by atoms with Gasteiger partial charge in [-0.2, -0.15) is 5.10 Å². The average molecular weight is 192 g/mol. The maximum atomic E-state index is 4.06. The lowest BCUT2D eigenvalue weighted by atomic mass is 10.2. The second kappa shape index (κ2) is 2.56. The topological polar surface area (TPSA) is 27.6 Å². The summed E-state index contributed by atoms with van der Waals surface area (Å²) in [6.45, 7) is 4.99. The Bertz CT molecular complexity index is 132. The molecule has 0 atom stereocenters. The molecular formula is C5H10BrN3. The van der Waals surface area contributed by atoms with Gasteiger partial charge in [0.2, 0.25) is 0 Å². The molecule has 3 nitrogen and oxygen atoms in total. The van der Waals surface area contributed by atoms with Crippen molar-refractivity contribution in [3.8, 4) is 0 Å². The quantitative estimate of drug-likeness (QED) is 0.630. The molecule has 0 unspecified atom stereocenters. The van der Waals surface area contributed by atoms with Crippen molar-refractivity contribution in [2.24, 2.45) is 11.0 Å². The Kier molecular flexibility index (Phi) is 1.95. The molecule has 4 heteroatoms. The Balaban J connectivity index is 2.57. The molecule has 0 bridgehead atoms. The third-order valence-corrected chi connectivity index (χ3v) is 1.78. The molecule has 0 radical (unpaired) electrons. The summed E-state index contributed by atoms with van der Waals surface area (Å²) >= 11 is 3.35. The van der Waals surface area contributed by atoms with Crippen molar-refractivity contribution in [3.05, 3.63) is 0 Å². The van der Waals surface area contributed by atoms with Crippen molar-refractivity contribution in [1.82, 2.24) is 9.35 Å². The summed E-state index contributed by atoms with van der Waals surface area (Å²) in [5, 5.41) is 4.06. The van der Waals surface area contributed by atoms with Crippen molar-refractivity contribution < 1.29 is 0 Å². The van der Waals surface area contributed by atoms with Crippen LogP contribution in [0, 0.1) is 5.92 Å².